The number of rotatable bonds is 4. The topological polar surface area (TPSA) is 101 Å². The highest BCUT2D eigenvalue weighted by Gasteiger charge is 2.28. The number of nitrogens with zero attached hydrogens (tertiary/aromatic N) is 2. The number of esters is 1. The van der Waals surface area contributed by atoms with Gasteiger partial charge in [-0.1, -0.05) is 30.3 Å². The minimum atomic E-state index is -0.759. The molecule has 0 saturated carbocycles. The van der Waals surface area contributed by atoms with Crippen molar-refractivity contribution >= 4 is 28.7 Å². The zero-order valence-corrected chi connectivity index (χ0v) is 17.2. The van der Waals surface area contributed by atoms with Gasteiger partial charge in [-0.25, -0.2) is 9.36 Å². The molecule has 0 aliphatic heterocycles. The van der Waals surface area contributed by atoms with Gasteiger partial charge in [0.25, 0.3) is 5.69 Å². The number of benzene rings is 2. The molecule has 0 N–H and O–H groups in total. The van der Waals surface area contributed by atoms with Crippen molar-refractivity contribution in [2.45, 2.75) is 32.8 Å². The standard InChI is InChI=1S/C22H22N2O6/c1-22(2,3)30-21(26)23-18-11-10-15(24(27)28)12-16(18)17(13-19(25)29-4)20(23)14-8-6-5-7-9-14/h5-12H,13H2,1-4H3/i13+2,19+2. The number of hydrogen-bond acceptors (Lipinski definition) is 6. The molecule has 0 atom stereocenters. The lowest BCUT2D eigenvalue weighted by atomic mass is 10.1. The molecule has 0 aliphatic carbocycles. The number of non-ortho nitro benzene ring substituents is 1. The first-order chi connectivity index (χ1) is 14.1. The lowest BCUT2D eigenvalue weighted by Gasteiger charge is -2.21. The summed E-state index contributed by atoms with van der Waals surface area (Å²) in [6.07, 6.45) is -0.801. The Morgan fingerprint density at radius 1 is 1.17 bits per heavy atom. The molecular weight excluding hydrogens is 392 g/mol. The molecule has 1 aromatic heterocycles. The Labute approximate surface area is 173 Å². The second kappa shape index (κ2) is 7.98. The molecule has 8 nitrogen and oxygen atoms in total. The number of hydrogen-bond donors (Lipinski definition) is 0. The highest BCUT2D eigenvalue weighted by molar-refractivity contribution is 6.02. The lowest BCUT2D eigenvalue weighted by Crippen LogP contribution is -2.27. The summed E-state index contributed by atoms with van der Waals surface area (Å²) < 4.78 is 11.8. The Balaban J connectivity index is 2.40. The average molecular weight is 414 g/mol. The van der Waals surface area contributed by atoms with Crippen molar-refractivity contribution in [1.29, 1.82) is 0 Å². The first-order valence-corrected chi connectivity index (χ1v) is 9.29. The largest absolute Gasteiger partial charge is 0.469 e. The van der Waals surface area contributed by atoms with Gasteiger partial charge in [0.2, 0.25) is 0 Å². The van der Waals surface area contributed by atoms with E-state index < -0.39 is 22.6 Å². The van der Waals surface area contributed by atoms with E-state index in [-0.39, 0.29) is 12.1 Å². The maximum Gasteiger partial charge on any atom is 0.419 e. The smallest absolute Gasteiger partial charge is 0.419 e. The van der Waals surface area contributed by atoms with Crippen LogP contribution in [0.25, 0.3) is 22.2 Å². The molecule has 0 bridgehead atoms. The molecular formula is C22H22N2O6. The monoisotopic (exact) mass is 414 g/mol. The Morgan fingerprint density at radius 2 is 1.83 bits per heavy atom. The number of carbonyl (C=O) groups excluding carboxylic acids is 2. The van der Waals surface area contributed by atoms with Crippen LogP contribution in [-0.2, 0) is 20.7 Å². The van der Waals surface area contributed by atoms with Gasteiger partial charge in [-0.3, -0.25) is 14.9 Å². The van der Waals surface area contributed by atoms with E-state index >= 15 is 0 Å². The van der Waals surface area contributed by atoms with Crippen molar-refractivity contribution in [2.24, 2.45) is 0 Å². The van der Waals surface area contributed by atoms with Gasteiger partial charge in [0.15, 0.2) is 0 Å². The number of methoxy groups -OCH3 is 1. The van der Waals surface area contributed by atoms with Gasteiger partial charge in [-0.15, -0.1) is 0 Å². The maximum absolute atomic E-state index is 13.1. The molecule has 0 radical (unpaired) electrons. The molecule has 3 aromatic rings. The minimum absolute atomic E-state index is 0.144. The molecule has 30 heavy (non-hydrogen) atoms. The van der Waals surface area contributed by atoms with Crippen molar-refractivity contribution in [3.8, 4) is 11.3 Å². The van der Waals surface area contributed by atoms with E-state index in [2.05, 4.69) is 0 Å². The maximum atomic E-state index is 13.1. The van der Waals surface area contributed by atoms with E-state index in [1.165, 1.54) is 29.9 Å². The molecule has 2 aromatic carbocycles. The third-order valence-corrected chi connectivity index (χ3v) is 4.44. The number of nitro groups is 1. The van der Waals surface area contributed by atoms with Gasteiger partial charge in [0, 0.05) is 17.5 Å². The fraction of sp³-hybridized carbons (Fsp3) is 0.273. The van der Waals surface area contributed by atoms with Crippen molar-refractivity contribution in [1.82, 2.24) is 4.57 Å². The summed E-state index contributed by atoms with van der Waals surface area (Å²) >= 11 is 0. The van der Waals surface area contributed by atoms with Gasteiger partial charge >= 0.3 is 12.1 Å². The van der Waals surface area contributed by atoms with Crippen LogP contribution in [0.15, 0.2) is 48.5 Å². The van der Waals surface area contributed by atoms with Gasteiger partial charge in [0.1, 0.15) is 5.60 Å². The van der Waals surface area contributed by atoms with Crippen LogP contribution in [0.2, 0.25) is 0 Å². The van der Waals surface area contributed by atoms with Gasteiger partial charge < -0.3 is 9.47 Å². The Morgan fingerprint density at radius 3 is 2.40 bits per heavy atom. The number of aromatic nitrogens is 1. The number of carbonyl (C=O) groups is 2. The third-order valence-electron chi connectivity index (χ3n) is 4.44. The van der Waals surface area contributed by atoms with Crippen LogP contribution >= 0.6 is 0 Å². The normalized spacial score (nSPS) is 11.3. The summed E-state index contributed by atoms with van der Waals surface area (Å²) in [5.74, 6) is -0.526. The van der Waals surface area contributed by atoms with Crippen LogP contribution in [0.1, 0.15) is 26.3 Å². The van der Waals surface area contributed by atoms with E-state index in [9.17, 15) is 19.7 Å². The molecule has 1 heterocycles. The van der Waals surface area contributed by atoms with Crippen LogP contribution in [0.5, 0.6) is 0 Å². The number of ether oxygens (including phenoxy) is 2. The SMILES string of the molecule is CO[14C](=O)[14CH2]c1c(-c2ccccc2)n(C(=O)OC(C)(C)C)c2ccc([N+](=O)[O-])cc12. The highest BCUT2D eigenvalue weighted by Crippen LogP contribution is 2.37. The summed E-state index contributed by atoms with van der Waals surface area (Å²) in [6, 6.07) is 13.2. The van der Waals surface area contributed by atoms with E-state index in [0.717, 1.165) is 0 Å². The molecule has 3 rings (SSSR count). The number of nitro benzene ring substituents is 1. The van der Waals surface area contributed by atoms with Crippen molar-refractivity contribution in [3.63, 3.8) is 0 Å². The molecule has 0 unspecified atom stereocenters. The van der Waals surface area contributed by atoms with Crippen LogP contribution in [0.4, 0.5) is 10.5 Å². The van der Waals surface area contributed by atoms with E-state index in [4.69, 9.17) is 9.47 Å². The fourth-order valence-corrected chi connectivity index (χ4v) is 3.25. The highest BCUT2D eigenvalue weighted by atomic mass is 16.8. The van der Waals surface area contributed by atoms with Crippen molar-refractivity contribution in [3.05, 3.63) is 64.2 Å². The zero-order chi connectivity index (χ0) is 22.1. The van der Waals surface area contributed by atoms with Crippen molar-refractivity contribution in [2.75, 3.05) is 7.11 Å². The lowest BCUT2D eigenvalue weighted by molar-refractivity contribution is -0.384. The second-order valence-corrected chi connectivity index (χ2v) is 7.72. The molecule has 156 valence electrons. The molecule has 8 heteroatoms. The van der Waals surface area contributed by atoms with E-state index in [1.807, 2.05) is 6.07 Å². The molecule has 0 aliphatic rings. The van der Waals surface area contributed by atoms with Gasteiger partial charge in [-0.05, 0) is 38.0 Å². The first kappa shape index (κ1) is 21.0. The van der Waals surface area contributed by atoms with Gasteiger partial charge in [-0.2, -0.15) is 0 Å². The molecule has 0 amide bonds. The zero-order valence-electron chi connectivity index (χ0n) is 17.2. The predicted molar refractivity (Wildman–Crippen MR) is 111 cm³/mol. The Hall–Kier alpha value is -3.68. The van der Waals surface area contributed by atoms with Gasteiger partial charge in [0.05, 0.1) is 29.7 Å². The van der Waals surface area contributed by atoms with Crippen LogP contribution in [0, 0.1) is 10.1 Å². The van der Waals surface area contributed by atoms with Crippen LogP contribution in [0.3, 0.4) is 0 Å². The van der Waals surface area contributed by atoms with Crippen LogP contribution in [-0.4, -0.2) is 34.3 Å². The summed E-state index contributed by atoms with van der Waals surface area (Å²) in [7, 11) is 1.26. The molecule has 0 spiro atoms. The second-order valence-electron chi connectivity index (χ2n) is 7.72. The van der Waals surface area contributed by atoms with E-state index in [1.54, 1.807) is 45.0 Å². The third kappa shape index (κ3) is 4.17. The summed E-state index contributed by atoms with van der Waals surface area (Å²) in [4.78, 5) is 36.1. The molecule has 0 fully saturated rings. The number of fused-ring (bicyclic) bond motifs is 1. The summed E-state index contributed by atoms with van der Waals surface area (Å²) in [5.41, 5.74) is 1.07. The summed E-state index contributed by atoms with van der Waals surface area (Å²) in [6.45, 7) is 5.25. The van der Waals surface area contributed by atoms with Crippen molar-refractivity contribution < 1.29 is 24.0 Å². The predicted octanol–water partition coefficient (Wildman–Crippen LogP) is 4.72. The Bertz CT molecular complexity index is 1130. The quantitative estimate of drug-likeness (QED) is 0.348. The Kier molecular flexibility index (Phi) is 5.60. The van der Waals surface area contributed by atoms with Crippen LogP contribution < -0.4 is 0 Å². The average Bonchev–Trinajstić information content (AvgIpc) is 3.00. The molecule has 0 saturated heterocycles. The fourth-order valence-electron chi connectivity index (χ4n) is 3.25. The minimum Gasteiger partial charge on any atom is -0.469 e. The van der Waals surface area contributed by atoms with E-state index in [0.29, 0.717) is 27.7 Å². The first-order valence-electron chi connectivity index (χ1n) is 9.29. The summed E-state index contributed by atoms with van der Waals surface area (Å²) in [5, 5.41) is 11.7.